The zero-order valence-corrected chi connectivity index (χ0v) is 12.1. The summed E-state index contributed by atoms with van der Waals surface area (Å²) >= 11 is 0. The number of benzene rings is 1. The number of fused-ring (bicyclic) bond motifs is 1. The molecule has 0 bridgehead atoms. The van der Waals surface area contributed by atoms with Crippen LogP contribution < -0.4 is 14.8 Å². The number of rotatable bonds is 4. The molecule has 1 aliphatic heterocycles. The second kappa shape index (κ2) is 5.39. The van der Waals surface area contributed by atoms with Crippen molar-refractivity contribution in [2.45, 2.75) is 39.8 Å². The zero-order valence-electron chi connectivity index (χ0n) is 12.1. The average molecular weight is 265 g/mol. The Morgan fingerprint density at radius 3 is 2.63 bits per heavy atom. The van der Waals surface area contributed by atoms with E-state index in [0.717, 1.165) is 17.1 Å². The van der Waals surface area contributed by atoms with Crippen LogP contribution >= 0.6 is 0 Å². The first-order chi connectivity index (χ1) is 8.88. The van der Waals surface area contributed by atoms with E-state index in [0.29, 0.717) is 13.3 Å². The van der Waals surface area contributed by atoms with Crippen molar-refractivity contribution in [3.05, 3.63) is 23.8 Å². The van der Waals surface area contributed by atoms with Crippen LogP contribution in [0.3, 0.4) is 0 Å². The first-order valence-electron chi connectivity index (χ1n) is 6.69. The minimum absolute atomic E-state index is 0.110. The maximum Gasteiger partial charge on any atom is 0.231 e. The number of aliphatic hydroxyl groups is 1. The van der Waals surface area contributed by atoms with Gasteiger partial charge in [0.1, 0.15) is 0 Å². The minimum atomic E-state index is -0.371. The number of nitrogens with one attached hydrogen (secondary N) is 1. The standard InChI is InChI=1S/C15H23NO3/c1-10(16-8-14(17)15(2,3)4)11-5-6-12-13(7-11)19-9-18-12/h5-7,10,14,16-17H,8-9H2,1-4H3. The number of aliphatic hydroxyl groups excluding tert-OH is 1. The highest BCUT2D eigenvalue weighted by Gasteiger charge is 2.22. The van der Waals surface area contributed by atoms with Crippen LogP contribution in [0.15, 0.2) is 18.2 Å². The predicted octanol–water partition coefficient (Wildman–Crippen LogP) is 2.47. The second-order valence-electron chi connectivity index (χ2n) is 6.12. The molecule has 106 valence electrons. The minimum Gasteiger partial charge on any atom is -0.454 e. The molecule has 2 unspecified atom stereocenters. The molecule has 0 amide bonds. The van der Waals surface area contributed by atoms with Crippen LogP contribution in [-0.4, -0.2) is 24.5 Å². The molecule has 0 saturated carbocycles. The maximum absolute atomic E-state index is 10.0. The third-order valence-corrected chi connectivity index (χ3v) is 3.51. The summed E-state index contributed by atoms with van der Waals surface area (Å²) in [6.07, 6.45) is -0.371. The van der Waals surface area contributed by atoms with E-state index in [-0.39, 0.29) is 17.6 Å². The van der Waals surface area contributed by atoms with Gasteiger partial charge in [0.25, 0.3) is 0 Å². The Labute approximate surface area is 114 Å². The number of ether oxygens (including phenoxy) is 2. The summed E-state index contributed by atoms with van der Waals surface area (Å²) in [7, 11) is 0. The van der Waals surface area contributed by atoms with Crippen LogP contribution in [0.25, 0.3) is 0 Å². The summed E-state index contributed by atoms with van der Waals surface area (Å²) in [5.74, 6) is 1.59. The third kappa shape index (κ3) is 3.39. The van der Waals surface area contributed by atoms with Crippen molar-refractivity contribution in [1.82, 2.24) is 5.32 Å². The summed E-state index contributed by atoms with van der Waals surface area (Å²) < 4.78 is 10.7. The molecular formula is C15H23NO3. The van der Waals surface area contributed by atoms with Crippen molar-refractivity contribution in [2.24, 2.45) is 5.41 Å². The van der Waals surface area contributed by atoms with Crippen molar-refractivity contribution in [3.8, 4) is 11.5 Å². The molecule has 0 saturated heterocycles. The lowest BCUT2D eigenvalue weighted by Crippen LogP contribution is -2.37. The highest BCUT2D eigenvalue weighted by molar-refractivity contribution is 5.45. The van der Waals surface area contributed by atoms with E-state index in [2.05, 4.69) is 12.2 Å². The Kier molecular flexibility index (Phi) is 4.02. The molecule has 0 spiro atoms. The van der Waals surface area contributed by atoms with Crippen LogP contribution in [-0.2, 0) is 0 Å². The lowest BCUT2D eigenvalue weighted by Gasteiger charge is -2.27. The van der Waals surface area contributed by atoms with Gasteiger partial charge in [-0.25, -0.2) is 0 Å². The van der Waals surface area contributed by atoms with Gasteiger partial charge in [-0.1, -0.05) is 26.8 Å². The van der Waals surface area contributed by atoms with E-state index in [1.54, 1.807) is 0 Å². The van der Waals surface area contributed by atoms with Crippen molar-refractivity contribution in [3.63, 3.8) is 0 Å². The molecule has 1 aromatic carbocycles. The van der Waals surface area contributed by atoms with E-state index in [4.69, 9.17) is 9.47 Å². The van der Waals surface area contributed by atoms with Gasteiger partial charge in [0, 0.05) is 12.6 Å². The van der Waals surface area contributed by atoms with E-state index in [9.17, 15) is 5.11 Å². The molecule has 1 heterocycles. The molecule has 1 aromatic rings. The lowest BCUT2D eigenvalue weighted by atomic mass is 9.89. The fourth-order valence-corrected chi connectivity index (χ4v) is 1.89. The van der Waals surface area contributed by atoms with E-state index in [1.165, 1.54) is 0 Å². The van der Waals surface area contributed by atoms with Crippen molar-refractivity contribution >= 4 is 0 Å². The average Bonchev–Trinajstić information content (AvgIpc) is 2.81. The van der Waals surface area contributed by atoms with Crippen LogP contribution in [0.2, 0.25) is 0 Å². The van der Waals surface area contributed by atoms with Gasteiger partial charge in [0.05, 0.1) is 6.10 Å². The Morgan fingerprint density at radius 1 is 1.26 bits per heavy atom. The monoisotopic (exact) mass is 265 g/mol. The molecule has 2 N–H and O–H groups in total. The van der Waals surface area contributed by atoms with Crippen LogP contribution in [0.1, 0.15) is 39.3 Å². The quantitative estimate of drug-likeness (QED) is 0.878. The summed E-state index contributed by atoms with van der Waals surface area (Å²) in [6, 6.07) is 6.10. The molecule has 19 heavy (non-hydrogen) atoms. The van der Waals surface area contributed by atoms with Gasteiger partial charge in [-0.15, -0.1) is 0 Å². The molecule has 0 fully saturated rings. The molecule has 1 aliphatic rings. The van der Waals surface area contributed by atoms with Gasteiger partial charge in [-0.05, 0) is 30.0 Å². The molecule has 4 nitrogen and oxygen atoms in total. The number of hydrogen-bond donors (Lipinski definition) is 2. The molecule has 2 atom stereocenters. The molecular weight excluding hydrogens is 242 g/mol. The van der Waals surface area contributed by atoms with Crippen LogP contribution in [0.5, 0.6) is 11.5 Å². The summed E-state index contributed by atoms with van der Waals surface area (Å²) in [5, 5.41) is 13.4. The van der Waals surface area contributed by atoms with Gasteiger partial charge < -0.3 is 19.9 Å². The van der Waals surface area contributed by atoms with E-state index >= 15 is 0 Å². The molecule has 0 aliphatic carbocycles. The Bertz CT molecular complexity index is 440. The van der Waals surface area contributed by atoms with Crippen molar-refractivity contribution in [1.29, 1.82) is 0 Å². The number of hydrogen-bond acceptors (Lipinski definition) is 4. The molecule has 4 heteroatoms. The fraction of sp³-hybridized carbons (Fsp3) is 0.600. The second-order valence-corrected chi connectivity index (χ2v) is 6.12. The summed E-state index contributed by atoms with van der Waals surface area (Å²) in [6.45, 7) is 9.04. The topological polar surface area (TPSA) is 50.7 Å². The Balaban J connectivity index is 1.95. The van der Waals surface area contributed by atoms with Crippen molar-refractivity contribution < 1.29 is 14.6 Å². The zero-order chi connectivity index (χ0) is 14.0. The highest BCUT2D eigenvalue weighted by atomic mass is 16.7. The van der Waals surface area contributed by atoms with Gasteiger partial charge in [0.2, 0.25) is 6.79 Å². The maximum atomic E-state index is 10.0. The smallest absolute Gasteiger partial charge is 0.231 e. The van der Waals surface area contributed by atoms with Crippen LogP contribution in [0, 0.1) is 5.41 Å². The molecule has 2 rings (SSSR count). The van der Waals surface area contributed by atoms with Crippen LogP contribution in [0.4, 0.5) is 0 Å². The Morgan fingerprint density at radius 2 is 1.95 bits per heavy atom. The van der Waals surface area contributed by atoms with Gasteiger partial charge >= 0.3 is 0 Å². The first kappa shape index (κ1) is 14.2. The van der Waals surface area contributed by atoms with Crippen molar-refractivity contribution in [2.75, 3.05) is 13.3 Å². The first-order valence-corrected chi connectivity index (χ1v) is 6.69. The normalized spacial score (nSPS) is 17.3. The lowest BCUT2D eigenvalue weighted by molar-refractivity contribution is 0.0609. The largest absolute Gasteiger partial charge is 0.454 e. The fourth-order valence-electron chi connectivity index (χ4n) is 1.89. The van der Waals surface area contributed by atoms with E-state index in [1.807, 2.05) is 39.0 Å². The summed E-state index contributed by atoms with van der Waals surface area (Å²) in [4.78, 5) is 0. The predicted molar refractivity (Wildman–Crippen MR) is 74.4 cm³/mol. The SMILES string of the molecule is CC(NCC(O)C(C)(C)C)c1ccc2c(c1)OCO2. The molecule has 0 aromatic heterocycles. The van der Waals surface area contributed by atoms with Gasteiger partial charge in [-0.3, -0.25) is 0 Å². The van der Waals surface area contributed by atoms with Gasteiger partial charge in [0.15, 0.2) is 11.5 Å². The summed E-state index contributed by atoms with van der Waals surface area (Å²) in [5.41, 5.74) is 1.02. The Hall–Kier alpha value is -1.26. The highest BCUT2D eigenvalue weighted by Crippen LogP contribution is 2.34. The van der Waals surface area contributed by atoms with E-state index < -0.39 is 0 Å². The molecule has 0 radical (unpaired) electrons. The van der Waals surface area contributed by atoms with Gasteiger partial charge in [-0.2, -0.15) is 0 Å². The third-order valence-electron chi connectivity index (χ3n) is 3.51.